The van der Waals surface area contributed by atoms with E-state index in [4.69, 9.17) is 9.47 Å². The van der Waals surface area contributed by atoms with Crippen LogP contribution in [0.2, 0.25) is 0 Å². The number of rotatable bonds is 6. The molecule has 0 atom stereocenters. The molecule has 3 rings (SSSR count). The highest BCUT2D eigenvalue weighted by Gasteiger charge is 2.22. The summed E-state index contributed by atoms with van der Waals surface area (Å²) in [5.74, 6) is 0.941. The zero-order valence-electron chi connectivity index (χ0n) is 16.0. The summed E-state index contributed by atoms with van der Waals surface area (Å²) in [7, 11) is 5.77. The molecule has 5 heteroatoms. The molecule has 1 saturated heterocycles. The van der Waals surface area contributed by atoms with Gasteiger partial charge in [0.1, 0.15) is 5.75 Å². The fourth-order valence-corrected chi connectivity index (χ4v) is 3.89. The number of methoxy groups -OCH3 is 2. The first kappa shape index (κ1) is 18.5. The lowest BCUT2D eigenvalue weighted by molar-refractivity contribution is 0.0681. The van der Waals surface area contributed by atoms with Crippen LogP contribution in [-0.4, -0.2) is 69.4 Å². The van der Waals surface area contributed by atoms with Gasteiger partial charge in [0.05, 0.1) is 18.9 Å². The van der Waals surface area contributed by atoms with Gasteiger partial charge in [0.2, 0.25) is 0 Å². The van der Waals surface area contributed by atoms with Gasteiger partial charge in [-0.3, -0.25) is 4.90 Å². The third-order valence-corrected chi connectivity index (χ3v) is 5.63. The topological polar surface area (TPSA) is 37.0 Å². The molecule has 0 radical (unpaired) electrons. The fraction of sp³-hybridized carbons (Fsp3) is 0.700. The van der Waals surface area contributed by atoms with E-state index in [9.17, 15) is 0 Å². The van der Waals surface area contributed by atoms with Crippen molar-refractivity contribution in [3.8, 4) is 5.75 Å². The molecule has 0 aromatic heterocycles. The van der Waals surface area contributed by atoms with Gasteiger partial charge in [0, 0.05) is 45.9 Å². The Morgan fingerprint density at radius 3 is 2.40 bits per heavy atom. The molecule has 1 aromatic rings. The quantitative estimate of drug-likeness (QED) is 0.856. The summed E-state index contributed by atoms with van der Waals surface area (Å²) in [6.07, 6.45) is 5.02. The number of benzene rings is 1. The van der Waals surface area contributed by atoms with Crippen LogP contribution in [0.5, 0.6) is 5.75 Å². The second kappa shape index (κ2) is 8.88. The summed E-state index contributed by atoms with van der Waals surface area (Å²) in [5, 5.41) is 3.72. The van der Waals surface area contributed by atoms with Gasteiger partial charge in [-0.25, -0.2) is 0 Å². The molecule has 140 valence electrons. The number of hydrogen-bond donors (Lipinski definition) is 1. The molecule has 25 heavy (non-hydrogen) atoms. The van der Waals surface area contributed by atoms with Gasteiger partial charge in [0.15, 0.2) is 0 Å². The Hall–Kier alpha value is -1.30. The van der Waals surface area contributed by atoms with Crippen molar-refractivity contribution >= 4 is 5.69 Å². The normalized spacial score (nSPS) is 25.7. The molecule has 0 bridgehead atoms. The summed E-state index contributed by atoms with van der Waals surface area (Å²) in [6, 6.07) is 7.09. The van der Waals surface area contributed by atoms with Crippen LogP contribution in [0, 0.1) is 0 Å². The average molecular weight is 348 g/mol. The molecule has 1 aliphatic carbocycles. The highest BCUT2D eigenvalue weighted by molar-refractivity contribution is 5.58. The number of anilines is 1. The van der Waals surface area contributed by atoms with E-state index in [0.29, 0.717) is 12.1 Å². The molecule has 1 N–H and O–H groups in total. The molecule has 0 spiro atoms. The zero-order chi connectivity index (χ0) is 17.6. The first-order valence-corrected chi connectivity index (χ1v) is 9.55. The van der Waals surface area contributed by atoms with Crippen LogP contribution in [0.4, 0.5) is 5.69 Å². The Morgan fingerprint density at radius 1 is 1.04 bits per heavy atom. The largest absolute Gasteiger partial charge is 0.495 e. The van der Waals surface area contributed by atoms with Crippen LogP contribution in [0.1, 0.15) is 31.2 Å². The van der Waals surface area contributed by atoms with Crippen LogP contribution in [0.15, 0.2) is 18.2 Å². The number of ether oxygens (including phenoxy) is 2. The van der Waals surface area contributed by atoms with E-state index in [1.807, 2.05) is 7.11 Å². The maximum absolute atomic E-state index is 5.58. The van der Waals surface area contributed by atoms with Crippen molar-refractivity contribution < 1.29 is 9.47 Å². The summed E-state index contributed by atoms with van der Waals surface area (Å²) in [6.45, 7) is 5.62. The maximum atomic E-state index is 5.58. The number of likely N-dealkylation sites (N-methyl/N-ethyl adjacent to an activating group) is 1. The van der Waals surface area contributed by atoms with Crippen molar-refractivity contribution in [2.75, 3.05) is 52.8 Å². The molecule has 1 aromatic carbocycles. The van der Waals surface area contributed by atoms with E-state index in [1.54, 1.807) is 7.11 Å². The highest BCUT2D eigenvalue weighted by atomic mass is 16.5. The van der Waals surface area contributed by atoms with E-state index in [0.717, 1.165) is 69.8 Å². The number of hydrogen-bond acceptors (Lipinski definition) is 5. The van der Waals surface area contributed by atoms with Gasteiger partial charge in [-0.1, -0.05) is 6.07 Å². The van der Waals surface area contributed by atoms with Crippen LogP contribution >= 0.6 is 0 Å². The monoisotopic (exact) mass is 347 g/mol. The van der Waals surface area contributed by atoms with Gasteiger partial charge in [0.25, 0.3) is 0 Å². The molecular formula is C20H33N3O2. The zero-order valence-corrected chi connectivity index (χ0v) is 16.0. The lowest BCUT2D eigenvalue weighted by Crippen LogP contribution is -2.43. The van der Waals surface area contributed by atoms with Crippen molar-refractivity contribution in [2.45, 2.75) is 44.4 Å². The minimum Gasteiger partial charge on any atom is -0.495 e. The third-order valence-electron chi connectivity index (χ3n) is 5.63. The third kappa shape index (κ3) is 5.09. The molecule has 1 saturated carbocycles. The minimum atomic E-state index is 0.434. The van der Waals surface area contributed by atoms with Gasteiger partial charge < -0.3 is 19.7 Å². The standard InChI is InChI=1S/C20H33N3O2/c1-22-10-12-23(13-11-22)15-16-4-9-20(25-3)19(14-16)21-17-5-7-18(24-2)8-6-17/h4,9,14,17-18,21H,5-8,10-13,15H2,1-3H3. The Balaban J connectivity index is 1.62. The number of nitrogens with one attached hydrogen (secondary N) is 1. The van der Waals surface area contributed by atoms with E-state index in [-0.39, 0.29) is 0 Å². The van der Waals surface area contributed by atoms with Crippen LogP contribution in [0.25, 0.3) is 0 Å². The van der Waals surface area contributed by atoms with Gasteiger partial charge in [-0.15, -0.1) is 0 Å². The Morgan fingerprint density at radius 2 is 1.76 bits per heavy atom. The molecule has 1 heterocycles. The minimum absolute atomic E-state index is 0.434. The lowest BCUT2D eigenvalue weighted by Gasteiger charge is -2.32. The number of nitrogens with zero attached hydrogens (tertiary/aromatic N) is 2. The average Bonchev–Trinajstić information content (AvgIpc) is 2.64. The summed E-state index contributed by atoms with van der Waals surface area (Å²) >= 11 is 0. The molecule has 2 fully saturated rings. The van der Waals surface area contributed by atoms with E-state index in [1.165, 1.54) is 5.56 Å². The predicted octanol–water partition coefficient (Wildman–Crippen LogP) is 2.81. The molecular weight excluding hydrogens is 314 g/mol. The predicted molar refractivity (Wildman–Crippen MR) is 102 cm³/mol. The first-order chi connectivity index (χ1) is 12.2. The second-order valence-electron chi connectivity index (χ2n) is 7.47. The van der Waals surface area contributed by atoms with Crippen molar-refractivity contribution in [1.82, 2.24) is 9.80 Å². The molecule has 2 aliphatic rings. The fourth-order valence-electron chi connectivity index (χ4n) is 3.89. The summed E-state index contributed by atoms with van der Waals surface area (Å²) < 4.78 is 11.1. The van der Waals surface area contributed by atoms with Crippen molar-refractivity contribution in [1.29, 1.82) is 0 Å². The van der Waals surface area contributed by atoms with Crippen LogP contribution in [-0.2, 0) is 11.3 Å². The summed E-state index contributed by atoms with van der Waals surface area (Å²) in [4.78, 5) is 4.93. The Labute approximate surface area is 152 Å². The number of piperazine rings is 1. The van der Waals surface area contributed by atoms with Crippen molar-refractivity contribution in [3.63, 3.8) is 0 Å². The molecule has 0 amide bonds. The van der Waals surface area contributed by atoms with Gasteiger partial charge in [-0.05, 0) is 50.4 Å². The Bertz CT molecular complexity index is 536. The SMILES string of the molecule is COc1ccc(CN2CCN(C)CC2)cc1NC1CCC(OC)CC1. The maximum Gasteiger partial charge on any atom is 0.141 e. The second-order valence-corrected chi connectivity index (χ2v) is 7.47. The smallest absolute Gasteiger partial charge is 0.141 e. The van der Waals surface area contributed by atoms with E-state index < -0.39 is 0 Å². The van der Waals surface area contributed by atoms with Gasteiger partial charge >= 0.3 is 0 Å². The van der Waals surface area contributed by atoms with Gasteiger partial charge in [-0.2, -0.15) is 0 Å². The Kier molecular flexibility index (Phi) is 6.57. The lowest BCUT2D eigenvalue weighted by atomic mass is 9.92. The van der Waals surface area contributed by atoms with E-state index in [2.05, 4.69) is 40.4 Å². The molecule has 1 aliphatic heterocycles. The highest BCUT2D eigenvalue weighted by Crippen LogP contribution is 2.30. The summed E-state index contributed by atoms with van der Waals surface area (Å²) in [5.41, 5.74) is 2.49. The molecule has 5 nitrogen and oxygen atoms in total. The first-order valence-electron chi connectivity index (χ1n) is 9.55. The van der Waals surface area contributed by atoms with Crippen LogP contribution < -0.4 is 10.1 Å². The van der Waals surface area contributed by atoms with Crippen molar-refractivity contribution in [2.24, 2.45) is 0 Å². The van der Waals surface area contributed by atoms with Crippen LogP contribution in [0.3, 0.4) is 0 Å². The molecule has 0 unspecified atom stereocenters. The van der Waals surface area contributed by atoms with Crippen molar-refractivity contribution in [3.05, 3.63) is 23.8 Å². The van der Waals surface area contributed by atoms with E-state index >= 15 is 0 Å².